The average molecular weight is 358 g/mol. The Bertz CT molecular complexity index is 914. The fourth-order valence-electron chi connectivity index (χ4n) is 2.51. The first-order valence-electron chi connectivity index (χ1n) is 8.74. The van der Waals surface area contributed by atoms with E-state index in [2.05, 4.69) is 31.6 Å². The molecule has 6 nitrogen and oxygen atoms in total. The van der Waals surface area contributed by atoms with Gasteiger partial charge in [0.1, 0.15) is 5.82 Å². The molecule has 0 aliphatic rings. The van der Waals surface area contributed by atoms with E-state index in [1.807, 2.05) is 62.6 Å². The first kappa shape index (κ1) is 18.4. The number of anilines is 3. The molecule has 0 spiro atoms. The lowest BCUT2D eigenvalue weighted by Gasteiger charge is -2.13. The molecule has 0 radical (unpaired) electrons. The highest BCUT2D eigenvalue weighted by molar-refractivity contribution is 5.67. The van der Waals surface area contributed by atoms with E-state index in [9.17, 15) is 0 Å². The SMILES string of the molecule is CN(C)CCNc1nc(Nc2ccc(C#N)cc2)cc(-c2ccccc2)n1. The molecule has 0 unspecified atom stereocenters. The summed E-state index contributed by atoms with van der Waals surface area (Å²) in [4.78, 5) is 11.3. The van der Waals surface area contributed by atoms with Gasteiger partial charge in [-0.05, 0) is 38.4 Å². The topological polar surface area (TPSA) is 76.9 Å². The molecule has 0 atom stereocenters. The van der Waals surface area contributed by atoms with E-state index in [0.29, 0.717) is 17.3 Å². The molecule has 3 aromatic rings. The monoisotopic (exact) mass is 358 g/mol. The molecule has 3 rings (SSSR count). The summed E-state index contributed by atoms with van der Waals surface area (Å²) < 4.78 is 0. The summed E-state index contributed by atoms with van der Waals surface area (Å²) in [5.41, 5.74) is 3.36. The molecule has 6 heteroatoms. The molecular formula is C21H22N6. The number of nitriles is 1. The van der Waals surface area contributed by atoms with Crippen molar-refractivity contribution < 1.29 is 0 Å². The summed E-state index contributed by atoms with van der Waals surface area (Å²) in [6.07, 6.45) is 0. The molecule has 2 N–H and O–H groups in total. The highest BCUT2D eigenvalue weighted by Gasteiger charge is 2.07. The van der Waals surface area contributed by atoms with Gasteiger partial charge in [-0.15, -0.1) is 0 Å². The predicted molar refractivity (Wildman–Crippen MR) is 109 cm³/mol. The predicted octanol–water partition coefficient (Wildman–Crippen LogP) is 3.73. The van der Waals surface area contributed by atoms with Crippen molar-refractivity contribution in [3.8, 4) is 17.3 Å². The van der Waals surface area contributed by atoms with Crippen molar-refractivity contribution in [2.24, 2.45) is 0 Å². The van der Waals surface area contributed by atoms with Gasteiger partial charge in [-0.1, -0.05) is 30.3 Å². The van der Waals surface area contributed by atoms with Crippen molar-refractivity contribution in [2.75, 3.05) is 37.8 Å². The third-order valence-electron chi connectivity index (χ3n) is 3.92. The zero-order chi connectivity index (χ0) is 19.1. The van der Waals surface area contributed by atoms with Crippen LogP contribution in [0.25, 0.3) is 11.3 Å². The summed E-state index contributed by atoms with van der Waals surface area (Å²) in [6, 6.07) is 21.3. The van der Waals surface area contributed by atoms with E-state index in [4.69, 9.17) is 5.26 Å². The Morgan fingerprint density at radius 3 is 2.41 bits per heavy atom. The second-order valence-corrected chi connectivity index (χ2v) is 6.37. The van der Waals surface area contributed by atoms with Crippen molar-refractivity contribution in [1.29, 1.82) is 5.26 Å². The van der Waals surface area contributed by atoms with Gasteiger partial charge in [-0.2, -0.15) is 10.2 Å². The Kier molecular flexibility index (Phi) is 5.98. The van der Waals surface area contributed by atoms with Crippen LogP contribution in [0.2, 0.25) is 0 Å². The Balaban J connectivity index is 1.87. The highest BCUT2D eigenvalue weighted by atomic mass is 15.2. The van der Waals surface area contributed by atoms with Gasteiger partial charge in [0, 0.05) is 30.4 Å². The third-order valence-corrected chi connectivity index (χ3v) is 3.92. The molecule has 0 bridgehead atoms. The quantitative estimate of drug-likeness (QED) is 0.670. The standard InChI is InChI=1S/C21H22N6/c1-27(2)13-12-23-21-25-19(17-6-4-3-5-7-17)14-20(26-21)24-18-10-8-16(15-22)9-11-18/h3-11,14H,12-13H2,1-2H3,(H2,23,24,25,26). The van der Waals surface area contributed by atoms with Gasteiger partial charge in [0.25, 0.3) is 0 Å². The minimum absolute atomic E-state index is 0.578. The lowest BCUT2D eigenvalue weighted by molar-refractivity contribution is 0.425. The van der Waals surface area contributed by atoms with Crippen LogP contribution in [0.1, 0.15) is 5.56 Å². The smallest absolute Gasteiger partial charge is 0.225 e. The minimum atomic E-state index is 0.578. The van der Waals surface area contributed by atoms with Crippen molar-refractivity contribution in [2.45, 2.75) is 0 Å². The van der Waals surface area contributed by atoms with E-state index in [1.165, 1.54) is 0 Å². The Labute approximate surface area is 159 Å². The minimum Gasteiger partial charge on any atom is -0.353 e. The Morgan fingerprint density at radius 1 is 1.00 bits per heavy atom. The fourth-order valence-corrected chi connectivity index (χ4v) is 2.51. The molecule has 2 aromatic carbocycles. The average Bonchev–Trinajstić information content (AvgIpc) is 2.69. The number of nitrogens with one attached hydrogen (secondary N) is 2. The lowest BCUT2D eigenvalue weighted by atomic mass is 10.1. The van der Waals surface area contributed by atoms with Gasteiger partial charge in [-0.25, -0.2) is 4.98 Å². The molecule has 0 saturated carbocycles. The van der Waals surface area contributed by atoms with E-state index < -0.39 is 0 Å². The van der Waals surface area contributed by atoms with Crippen LogP contribution in [0, 0.1) is 11.3 Å². The molecular weight excluding hydrogens is 336 g/mol. The second kappa shape index (κ2) is 8.79. The summed E-state index contributed by atoms with van der Waals surface area (Å²) >= 11 is 0. The van der Waals surface area contributed by atoms with Crippen LogP contribution in [0.4, 0.5) is 17.5 Å². The largest absolute Gasteiger partial charge is 0.353 e. The van der Waals surface area contributed by atoms with Crippen LogP contribution in [-0.4, -0.2) is 42.1 Å². The molecule has 136 valence electrons. The molecule has 0 fully saturated rings. The van der Waals surface area contributed by atoms with Crippen LogP contribution < -0.4 is 10.6 Å². The maximum Gasteiger partial charge on any atom is 0.225 e. The highest BCUT2D eigenvalue weighted by Crippen LogP contribution is 2.23. The maximum absolute atomic E-state index is 8.94. The van der Waals surface area contributed by atoms with Gasteiger partial charge in [0.05, 0.1) is 17.3 Å². The molecule has 0 saturated heterocycles. The second-order valence-electron chi connectivity index (χ2n) is 6.37. The molecule has 1 aromatic heterocycles. The van der Waals surface area contributed by atoms with Gasteiger partial charge in [-0.3, -0.25) is 0 Å². The summed E-state index contributed by atoms with van der Waals surface area (Å²) in [5.74, 6) is 1.27. The summed E-state index contributed by atoms with van der Waals surface area (Å²) in [5, 5.41) is 15.5. The number of hydrogen-bond acceptors (Lipinski definition) is 6. The number of nitrogens with zero attached hydrogens (tertiary/aromatic N) is 4. The van der Waals surface area contributed by atoms with Crippen LogP contribution in [0.15, 0.2) is 60.7 Å². The van der Waals surface area contributed by atoms with E-state index in [0.717, 1.165) is 30.0 Å². The van der Waals surface area contributed by atoms with E-state index in [1.54, 1.807) is 12.1 Å². The Morgan fingerprint density at radius 2 is 1.74 bits per heavy atom. The molecule has 0 amide bonds. The number of rotatable bonds is 7. The molecule has 27 heavy (non-hydrogen) atoms. The van der Waals surface area contributed by atoms with Crippen LogP contribution >= 0.6 is 0 Å². The Hall–Kier alpha value is -3.43. The van der Waals surface area contributed by atoms with Crippen molar-refractivity contribution >= 4 is 17.5 Å². The first-order valence-corrected chi connectivity index (χ1v) is 8.74. The van der Waals surface area contributed by atoms with Crippen molar-refractivity contribution in [3.63, 3.8) is 0 Å². The zero-order valence-corrected chi connectivity index (χ0v) is 15.5. The normalized spacial score (nSPS) is 10.4. The number of likely N-dealkylation sites (N-methyl/N-ethyl adjacent to an activating group) is 1. The number of hydrogen-bond donors (Lipinski definition) is 2. The van der Waals surface area contributed by atoms with Crippen molar-refractivity contribution in [3.05, 3.63) is 66.2 Å². The molecule has 1 heterocycles. The number of benzene rings is 2. The third kappa shape index (κ3) is 5.27. The van der Waals surface area contributed by atoms with Gasteiger partial charge in [0.15, 0.2) is 0 Å². The lowest BCUT2D eigenvalue weighted by Crippen LogP contribution is -2.21. The summed E-state index contributed by atoms with van der Waals surface area (Å²) in [6.45, 7) is 1.64. The molecule has 0 aliphatic carbocycles. The van der Waals surface area contributed by atoms with Gasteiger partial charge >= 0.3 is 0 Å². The van der Waals surface area contributed by atoms with Crippen LogP contribution in [0.3, 0.4) is 0 Å². The first-order chi connectivity index (χ1) is 13.1. The fraction of sp³-hybridized carbons (Fsp3) is 0.190. The van der Waals surface area contributed by atoms with Crippen LogP contribution in [0.5, 0.6) is 0 Å². The van der Waals surface area contributed by atoms with E-state index >= 15 is 0 Å². The van der Waals surface area contributed by atoms with Gasteiger partial charge < -0.3 is 15.5 Å². The van der Waals surface area contributed by atoms with Crippen molar-refractivity contribution in [1.82, 2.24) is 14.9 Å². The number of aromatic nitrogens is 2. The molecule has 0 aliphatic heterocycles. The van der Waals surface area contributed by atoms with E-state index in [-0.39, 0.29) is 0 Å². The van der Waals surface area contributed by atoms with Crippen LogP contribution in [-0.2, 0) is 0 Å². The van der Waals surface area contributed by atoms with Gasteiger partial charge in [0.2, 0.25) is 5.95 Å². The maximum atomic E-state index is 8.94. The zero-order valence-electron chi connectivity index (χ0n) is 15.5. The summed E-state index contributed by atoms with van der Waals surface area (Å²) in [7, 11) is 4.06.